The van der Waals surface area contributed by atoms with Gasteiger partial charge in [0.15, 0.2) is 0 Å². The fraction of sp³-hybridized carbons (Fsp3) is 0.154. The van der Waals surface area contributed by atoms with Gasteiger partial charge in [0.25, 0.3) is 0 Å². The second-order valence-electron chi connectivity index (χ2n) is 7.52. The molecule has 5 nitrogen and oxygen atoms in total. The predicted octanol–water partition coefficient (Wildman–Crippen LogP) is 5.80. The predicted molar refractivity (Wildman–Crippen MR) is 125 cm³/mol. The van der Waals surface area contributed by atoms with Gasteiger partial charge < -0.3 is 13.9 Å². The summed E-state index contributed by atoms with van der Waals surface area (Å²) in [5.41, 5.74) is 5.71. The lowest BCUT2D eigenvalue weighted by Crippen LogP contribution is -2.02. The first-order valence-electron chi connectivity index (χ1n) is 10.4. The minimum atomic E-state index is -0.358. The van der Waals surface area contributed by atoms with Gasteiger partial charge in [-0.25, -0.2) is 9.78 Å². The highest BCUT2D eigenvalue weighted by Crippen LogP contribution is 2.33. The molecule has 0 spiro atoms. The number of imidazole rings is 1. The molecule has 0 N–H and O–H groups in total. The van der Waals surface area contributed by atoms with Gasteiger partial charge >= 0.3 is 5.97 Å². The summed E-state index contributed by atoms with van der Waals surface area (Å²) in [4.78, 5) is 16.9. The standard InChI is InChI=1S/C26H23N3O2/c1-4-14-29-24-16-18(26(30)31-3)10-12-21(24)27-25(29)17-11-13-23-20(15-17)19-8-6-7-9-22(19)28(23)5-2/h4,6-13,15-16H,1,5,14H2,2-3H3. The van der Waals surface area contributed by atoms with Crippen molar-refractivity contribution in [2.45, 2.75) is 20.0 Å². The highest BCUT2D eigenvalue weighted by atomic mass is 16.5. The number of rotatable bonds is 5. The summed E-state index contributed by atoms with van der Waals surface area (Å²) < 4.78 is 9.32. The van der Waals surface area contributed by atoms with E-state index >= 15 is 0 Å². The van der Waals surface area contributed by atoms with E-state index in [4.69, 9.17) is 9.72 Å². The number of para-hydroxylation sites is 1. The molecule has 0 radical (unpaired) electrons. The summed E-state index contributed by atoms with van der Waals surface area (Å²) in [6.45, 7) is 7.58. The van der Waals surface area contributed by atoms with E-state index in [0.717, 1.165) is 29.0 Å². The Bertz CT molecular complexity index is 1470. The first-order valence-corrected chi connectivity index (χ1v) is 10.4. The maximum atomic E-state index is 12.0. The number of hydrogen-bond donors (Lipinski definition) is 0. The Kier molecular flexibility index (Phi) is 4.59. The SMILES string of the molecule is C=CCn1c(-c2ccc3c(c2)c2ccccc2n3CC)nc2ccc(C(=O)OC)cc21. The smallest absolute Gasteiger partial charge is 0.337 e. The molecule has 0 aliphatic heterocycles. The van der Waals surface area contributed by atoms with Gasteiger partial charge in [-0.05, 0) is 49.4 Å². The first-order chi connectivity index (χ1) is 15.2. The molecule has 0 saturated carbocycles. The molecule has 0 atom stereocenters. The minimum Gasteiger partial charge on any atom is -0.465 e. The zero-order chi connectivity index (χ0) is 21.5. The number of methoxy groups -OCH3 is 1. The molecule has 0 aliphatic carbocycles. The average molecular weight is 409 g/mol. The number of carbonyl (C=O) groups excluding carboxylic acids is 1. The molecular formula is C26H23N3O2. The highest BCUT2D eigenvalue weighted by molar-refractivity contribution is 6.09. The number of benzene rings is 3. The second kappa shape index (κ2) is 7.43. The van der Waals surface area contributed by atoms with Crippen LogP contribution in [0, 0.1) is 0 Å². The molecule has 0 bridgehead atoms. The van der Waals surface area contributed by atoms with Gasteiger partial charge in [0, 0.05) is 40.5 Å². The van der Waals surface area contributed by atoms with Crippen molar-refractivity contribution in [2.75, 3.05) is 7.11 Å². The molecule has 31 heavy (non-hydrogen) atoms. The molecule has 0 fully saturated rings. The normalized spacial score (nSPS) is 11.4. The lowest BCUT2D eigenvalue weighted by atomic mass is 10.1. The zero-order valence-corrected chi connectivity index (χ0v) is 17.6. The molecule has 0 saturated heterocycles. The second-order valence-corrected chi connectivity index (χ2v) is 7.52. The Morgan fingerprint density at radius 2 is 1.81 bits per heavy atom. The summed E-state index contributed by atoms with van der Waals surface area (Å²) in [5, 5.41) is 2.45. The van der Waals surface area contributed by atoms with Crippen molar-refractivity contribution in [1.82, 2.24) is 14.1 Å². The van der Waals surface area contributed by atoms with Crippen molar-refractivity contribution in [3.63, 3.8) is 0 Å². The molecular weight excluding hydrogens is 386 g/mol. The number of aryl methyl sites for hydroxylation is 1. The zero-order valence-electron chi connectivity index (χ0n) is 17.6. The fourth-order valence-electron chi connectivity index (χ4n) is 4.44. The lowest BCUT2D eigenvalue weighted by molar-refractivity contribution is 0.0601. The Labute approximate surface area is 180 Å². The minimum absolute atomic E-state index is 0.358. The van der Waals surface area contributed by atoms with Crippen molar-refractivity contribution < 1.29 is 9.53 Å². The fourth-order valence-corrected chi connectivity index (χ4v) is 4.44. The number of aromatic nitrogens is 3. The Hall–Kier alpha value is -3.86. The van der Waals surface area contributed by atoms with E-state index in [9.17, 15) is 4.79 Å². The summed E-state index contributed by atoms with van der Waals surface area (Å²) in [6.07, 6.45) is 1.84. The summed E-state index contributed by atoms with van der Waals surface area (Å²) in [6, 6.07) is 20.5. The first kappa shape index (κ1) is 19.1. The summed E-state index contributed by atoms with van der Waals surface area (Å²) >= 11 is 0. The van der Waals surface area contributed by atoms with Crippen LogP contribution < -0.4 is 0 Å². The van der Waals surface area contributed by atoms with Gasteiger partial charge in [0.1, 0.15) is 5.82 Å². The largest absolute Gasteiger partial charge is 0.465 e. The Morgan fingerprint density at radius 1 is 1.00 bits per heavy atom. The third-order valence-corrected chi connectivity index (χ3v) is 5.83. The van der Waals surface area contributed by atoms with Gasteiger partial charge in [-0.15, -0.1) is 6.58 Å². The number of fused-ring (bicyclic) bond motifs is 4. The maximum Gasteiger partial charge on any atom is 0.337 e. The van der Waals surface area contributed by atoms with Crippen molar-refractivity contribution in [1.29, 1.82) is 0 Å². The van der Waals surface area contributed by atoms with E-state index in [1.165, 1.54) is 28.9 Å². The maximum absolute atomic E-state index is 12.0. The number of allylic oxidation sites excluding steroid dienone is 1. The molecule has 0 unspecified atom stereocenters. The number of esters is 1. The number of nitrogens with zero attached hydrogens (tertiary/aromatic N) is 3. The molecule has 0 aliphatic rings. The van der Waals surface area contributed by atoms with Crippen LogP contribution in [0.25, 0.3) is 44.2 Å². The van der Waals surface area contributed by atoms with Crippen LogP contribution in [0.2, 0.25) is 0 Å². The van der Waals surface area contributed by atoms with Crippen molar-refractivity contribution >= 4 is 38.8 Å². The van der Waals surface area contributed by atoms with E-state index in [0.29, 0.717) is 12.1 Å². The molecule has 0 amide bonds. The molecule has 5 heteroatoms. The van der Waals surface area contributed by atoms with Crippen LogP contribution >= 0.6 is 0 Å². The van der Waals surface area contributed by atoms with E-state index in [1.807, 2.05) is 18.2 Å². The Balaban J connectivity index is 1.76. The summed E-state index contributed by atoms with van der Waals surface area (Å²) in [5.74, 6) is 0.496. The third-order valence-electron chi connectivity index (χ3n) is 5.83. The van der Waals surface area contributed by atoms with Crippen molar-refractivity contribution in [2.24, 2.45) is 0 Å². The van der Waals surface area contributed by atoms with Crippen LogP contribution in [0.4, 0.5) is 0 Å². The van der Waals surface area contributed by atoms with Crippen LogP contribution in [0.5, 0.6) is 0 Å². The molecule has 5 rings (SSSR count). The third kappa shape index (κ3) is 2.93. The van der Waals surface area contributed by atoms with E-state index in [2.05, 4.69) is 65.1 Å². The van der Waals surface area contributed by atoms with Crippen molar-refractivity contribution in [3.8, 4) is 11.4 Å². The molecule has 5 aromatic rings. The van der Waals surface area contributed by atoms with Crippen LogP contribution in [-0.4, -0.2) is 27.2 Å². The highest BCUT2D eigenvalue weighted by Gasteiger charge is 2.17. The van der Waals surface area contributed by atoms with Gasteiger partial charge in [-0.2, -0.15) is 0 Å². The monoisotopic (exact) mass is 409 g/mol. The number of ether oxygens (including phenoxy) is 1. The molecule has 2 heterocycles. The van der Waals surface area contributed by atoms with Crippen LogP contribution in [0.1, 0.15) is 17.3 Å². The van der Waals surface area contributed by atoms with Crippen LogP contribution in [0.3, 0.4) is 0 Å². The summed E-state index contributed by atoms with van der Waals surface area (Å²) in [7, 11) is 1.39. The van der Waals surface area contributed by atoms with Gasteiger partial charge in [0.05, 0.1) is 23.7 Å². The van der Waals surface area contributed by atoms with Crippen LogP contribution in [-0.2, 0) is 17.8 Å². The topological polar surface area (TPSA) is 49.0 Å². The van der Waals surface area contributed by atoms with Gasteiger partial charge in [0.2, 0.25) is 0 Å². The van der Waals surface area contributed by atoms with Crippen molar-refractivity contribution in [3.05, 3.63) is 78.9 Å². The van der Waals surface area contributed by atoms with Crippen LogP contribution in [0.15, 0.2) is 73.3 Å². The molecule has 154 valence electrons. The van der Waals surface area contributed by atoms with Gasteiger partial charge in [-0.1, -0.05) is 24.3 Å². The Morgan fingerprint density at radius 3 is 2.58 bits per heavy atom. The lowest BCUT2D eigenvalue weighted by Gasteiger charge is -2.08. The van der Waals surface area contributed by atoms with E-state index < -0.39 is 0 Å². The van der Waals surface area contributed by atoms with Gasteiger partial charge in [-0.3, -0.25) is 0 Å². The number of carbonyl (C=O) groups is 1. The van der Waals surface area contributed by atoms with E-state index in [-0.39, 0.29) is 5.97 Å². The quantitative estimate of drug-likeness (QED) is 0.272. The molecule has 2 aromatic heterocycles. The van der Waals surface area contributed by atoms with E-state index in [1.54, 1.807) is 6.07 Å². The average Bonchev–Trinajstić information content (AvgIpc) is 3.33. The number of hydrogen-bond acceptors (Lipinski definition) is 3. The molecule has 3 aromatic carbocycles.